The van der Waals surface area contributed by atoms with Gasteiger partial charge in [0.15, 0.2) is 11.0 Å². The summed E-state index contributed by atoms with van der Waals surface area (Å²) in [5.74, 6) is 1.33. The molecule has 1 unspecified atom stereocenters. The summed E-state index contributed by atoms with van der Waals surface area (Å²) in [6, 6.07) is 15.5. The van der Waals surface area contributed by atoms with Crippen LogP contribution in [0.25, 0.3) is 12.2 Å². The molecule has 132 valence electrons. The van der Waals surface area contributed by atoms with Crippen LogP contribution in [0.15, 0.2) is 82.4 Å². The van der Waals surface area contributed by atoms with Crippen LogP contribution >= 0.6 is 11.8 Å². The van der Waals surface area contributed by atoms with E-state index in [-0.39, 0.29) is 0 Å². The number of rotatable bonds is 8. The fourth-order valence-electron chi connectivity index (χ4n) is 2.26. The molecule has 2 heterocycles. The molecule has 0 aliphatic heterocycles. The van der Waals surface area contributed by atoms with Crippen LogP contribution in [0.3, 0.4) is 0 Å². The Hall–Kier alpha value is -2.57. The molecule has 4 nitrogen and oxygen atoms in total. The van der Waals surface area contributed by atoms with Gasteiger partial charge in [0.05, 0.1) is 5.69 Å². The van der Waals surface area contributed by atoms with Crippen molar-refractivity contribution in [2.45, 2.75) is 15.9 Å². The zero-order valence-electron chi connectivity index (χ0n) is 14.1. The Labute approximate surface area is 159 Å². The smallest absolute Gasteiger partial charge is 0.212 e. The Kier molecular flexibility index (Phi) is 6.09. The molecule has 6 heteroatoms. The molecule has 26 heavy (non-hydrogen) atoms. The summed E-state index contributed by atoms with van der Waals surface area (Å²) in [6.07, 6.45) is 4.94. The Balaban J connectivity index is 1.75. The first-order valence-electron chi connectivity index (χ1n) is 7.90. The van der Waals surface area contributed by atoms with Gasteiger partial charge in [-0.15, -0.1) is 0 Å². The van der Waals surface area contributed by atoms with E-state index in [1.54, 1.807) is 42.2 Å². The minimum atomic E-state index is -1.55. The number of hydrogen-bond acceptors (Lipinski definition) is 4. The first kappa shape index (κ1) is 18.2. The number of anilines is 1. The number of thioether (sulfide) groups is 1. The van der Waals surface area contributed by atoms with Crippen molar-refractivity contribution in [3.63, 3.8) is 0 Å². The number of aromatic nitrogens is 1. The largest absolute Gasteiger partial charge is 0.445 e. The minimum Gasteiger partial charge on any atom is -0.445 e. The van der Waals surface area contributed by atoms with Gasteiger partial charge >= 0.3 is 0 Å². The van der Waals surface area contributed by atoms with Gasteiger partial charge in [0.1, 0.15) is 10.8 Å². The summed E-state index contributed by atoms with van der Waals surface area (Å²) in [4.78, 5) is 4.40. The highest BCUT2D eigenvalue weighted by atomic mass is 32.2. The van der Waals surface area contributed by atoms with E-state index in [4.69, 9.17) is 4.42 Å². The van der Waals surface area contributed by atoms with Crippen molar-refractivity contribution in [3.05, 3.63) is 84.8 Å². The lowest BCUT2D eigenvalue weighted by atomic mass is 10.2. The first-order valence-corrected chi connectivity index (χ1v) is 10.0. The van der Waals surface area contributed by atoms with Gasteiger partial charge in [-0.2, -0.15) is 0 Å². The lowest BCUT2D eigenvalue weighted by Crippen LogP contribution is -2.05. The molecule has 1 atom stereocenters. The second-order valence-electron chi connectivity index (χ2n) is 5.29. The topological polar surface area (TPSA) is 55.1 Å². The third-order valence-corrected chi connectivity index (χ3v) is 5.60. The summed E-state index contributed by atoms with van der Waals surface area (Å²) in [5, 5.41) is 1.10. The van der Waals surface area contributed by atoms with Gasteiger partial charge in [0.2, 0.25) is 5.09 Å². The Morgan fingerprint density at radius 3 is 2.65 bits per heavy atom. The average molecular weight is 383 g/mol. The van der Waals surface area contributed by atoms with Crippen LogP contribution in [0.2, 0.25) is 0 Å². The van der Waals surface area contributed by atoms with E-state index in [0.717, 1.165) is 16.3 Å². The van der Waals surface area contributed by atoms with Gasteiger partial charge in [-0.1, -0.05) is 61.3 Å². The Bertz CT molecular complexity index is 910. The molecule has 3 aromatic rings. The number of benzene rings is 1. The molecule has 0 radical (unpaired) electrons. The highest BCUT2D eigenvalue weighted by Gasteiger charge is 2.15. The van der Waals surface area contributed by atoms with Crippen molar-refractivity contribution in [2.24, 2.45) is 0 Å². The molecule has 0 aliphatic rings. The molecule has 0 fully saturated rings. The Morgan fingerprint density at radius 1 is 1.15 bits per heavy atom. The molecule has 0 spiro atoms. The lowest BCUT2D eigenvalue weighted by molar-refractivity contribution is 0.458. The van der Waals surface area contributed by atoms with Crippen LogP contribution in [0, 0.1) is 0 Å². The molecule has 1 N–H and O–H groups in total. The van der Waals surface area contributed by atoms with E-state index in [1.165, 1.54) is 5.56 Å². The second kappa shape index (κ2) is 8.69. The summed E-state index contributed by atoms with van der Waals surface area (Å²) in [7, 11) is -1.55. The van der Waals surface area contributed by atoms with E-state index in [0.29, 0.717) is 16.5 Å². The summed E-state index contributed by atoms with van der Waals surface area (Å²) in [6.45, 7) is 7.41. The highest BCUT2D eigenvalue weighted by molar-refractivity contribution is 7.98. The van der Waals surface area contributed by atoms with Crippen LogP contribution in [0.4, 0.5) is 5.69 Å². The van der Waals surface area contributed by atoms with Gasteiger partial charge in [0, 0.05) is 23.6 Å². The maximum atomic E-state index is 12.6. The highest BCUT2D eigenvalue weighted by Crippen LogP contribution is 2.29. The molecular formula is C20H18N2O2S2. The number of nitrogens with one attached hydrogen (secondary N) is 1. The molecule has 0 saturated carbocycles. The zero-order chi connectivity index (χ0) is 18.4. The lowest BCUT2D eigenvalue weighted by Gasteiger charge is -2.09. The normalized spacial score (nSPS) is 11.7. The average Bonchev–Trinajstić information content (AvgIpc) is 3.12. The van der Waals surface area contributed by atoms with Crippen LogP contribution < -0.4 is 4.72 Å². The van der Waals surface area contributed by atoms with Crippen molar-refractivity contribution in [2.75, 3.05) is 4.72 Å². The van der Waals surface area contributed by atoms with Crippen molar-refractivity contribution in [1.29, 1.82) is 0 Å². The van der Waals surface area contributed by atoms with Gasteiger partial charge < -0.3 is 4.42 Å². The fraction of sp³-hybridized carbons (Fsp3) is 0.0500. The molecule has 1 aromatic carbocycles. The van der Waals surface area contributed by atoms with E-state index in [1.807, 2.05) is 24.3 Å². The van der Waals surface area contributed by atoms with Crippen LogP contribution in [-0.2, 0) is 16.7 Å². The number of furan rings is 1. The predicted octanol–water partition coefficient (Wildman–Crippen LogP) is 5.39. The predicted molar refractivity (Wildman–Crippen MR) is 109 cm³/mol. The number of nitrogens with zero attached hydrogens (tertiary/aromatic N) is 1. The van der Waals surface area contributed by atoms with E-state index >= 15 is 0 Å². The van der Waals surface area contributed by atoms with Gasteiger partial charge in [-0.25, -0.2) is 9.19 Å². The quantitative estimate of drug-likeness (QED) is 0.531. The zero-order valence-corrected chi connectivity index (χ0v) is 15.7. The molecule has 0 saturated heterocycles. The van der Waals surface area contributed by atoms with Crippen molar-refractivity contribution < 1.29 is 8.63 Å². The molecule has 3 rings (SSSR count). The molecule has 0 amide bonds. The first-order chi connectivity index (χ1) is 12.7. The summed E-state index contributed by atoms with van der Waals surface area (Å²) in [5.41, 5.74) is 2.66. The molecule has 0 bridgehead atoms. The van der Waals surface area contributed by atoms with Crippen LogP contribution in [-0.4, -0.2) is 9.19 Å². The van der Waals surface area contributed by atoms with Crippen molar-refractivity contribution >= 4 is 40.6 Å². The fourth-order valence-corrected chi connectivity index (χ4v) is 4.10. The summed E-state index contributed by atoms with van der Waals surface area (Å²) < 4.78 is 21.2. The molecular weight excluding hydrogens is 364 g/mol. The third-order valence-electron chi connectivity index (χ3n) is 3.55. The van der Waals surface area contributed by atoms with E-state index in [9.17, 15) is 4.21 Å². The standard InChI is InChI=1S/C20H18N2O2S2/c1-3-16-13-19(24-18(16)4-2)26(23)22-17-11-8-12-21-20(17)25-14-15-9-6-5-7-10-15/h3-13,22H,1-2,14H2. The van der Waals surface area contributed by atoms with Crippen molar-refractivity contribution in [3.8, 4) is 0 Å². The van der Waals surface area contributed by atoms with E-state index < -0.39 is 11.0 Å². The van der Waals surface area contributed by atoms with E-state index in [2.05, 4.69) is 35.0 Å². The SMILES string of the molecule is C=Cc1cc(S(=O)Nc2cccnc2SCc2ccccc2)oc1C=C. The molecule has 0 aliphatic carbocycles. The monoisotopic (exact) mass is 382 g/mol. The van der Waals surface area contributed by atoms with Gasteiger partial charge in [0.25, 0.3) is 0 Å². The Morgan fingerprint density at radius 2 is 1.96 bits per heavy atom. The third kappa shape index (κ3) is 4.33. The number of pyridine rings is 1. The maximum Gasteiger partial charge on any atom is 0.212 e. The van der Waals surface area contributed by atoms with Crippen LogP contribution in [0.1, 0.15) is 16.9 Å². The second-order valence-corrected chi connectivity index (χ2v) is 7.40. The summed E-state index contributed by atoms with van der Waals surface area (Å²) >= 11 is 1.58. The van der Waals surface area contributed by atoms with Crippen LogP contribution in [0.5, 0.6) is 0 Å². The van der Waals surface area contributed by atoms with Gasteiger partial charge in [-0.3, -0.25) is 4.72 Å². The van der Waals surface area contributed by atoms with Gasteiger partial charge in [-0.05, 0) is 23.8 Å². The maximum absolute atomic E-state index is 12.6. The minimum absolute atomic E-state index is 0.317. The molecule has 2 aromatic heterocycles. The number of hydrogen-bond donors (Lipinski definition) is 1. The van der Waals surface area contributed by atoms with Crippen molar-refractivity contribution in [1.82, 2.24) is 4.98 Å².